The van der Waals surface area contributed by atoms with Crippen LogP contribution in [0.2, 0.25) is 0 Å². The van der Waals surface area contributed by atoms with Crippen LogP contribution in [0.25, 0.3) is 0 Å². The summed E-state index contributed by atoms with van der Waals surface area (Å²) in [5, 5.41) is 8.85. The molecule has 1 rings (SSSR count). The Kier molecular flexibility index (Phi) is 1.58. The Balaban J connectivity index is 2.12. The van der Waals surface area contributed by atoms with Gasteiger partial charge in [-0.3, -0.25) is 0 Å². The highest BCUT2D eigenvalue weighted by Gasteiger charge is 2.16. The lowest BCUT2D eigenvalue weighted by Gasteiger charge is -2.05. The maximum Gasteiger partial charge on any atom is 0.194 e. The van der Waals surface area contributed by atoms with Crippen LogP contribution in [0.5, 0.6) is 0 Å². The Bertz CT molecular complexity index is 46.1. The van der Waals surface area contributed by atoms with Gasteiger partial charge in [-0.2, -0.15) is 0 Å². The van der Waals surface area contributed by atoms with Crippen LogP contribution in [-0.2, 0) is 0 Å². The van der Waals surface area contributed by atoms with Crippen molar-refractivity contribution in [2.75, 3.05) is 0 Å². The Morgan fingerprint density at radius 1 is 1.43 bits per heavy atom. The quantitative estimate of drug-likeness (QED) is 0.451. The van der Waals surface area contributed by atoms with Gasteiger partial charge in [0.15, 0.2) is 6.10 Å². The van der Waals surface area contributed by atoms with Crippen molar-refractivity contribution in [2.24, 2.45) is 0 Å². The zero-order chi connectivity index (χ0) is 5.11. The summed E-state index contributed by atoms with van der Waals surface area (Å²) in [5.74, 6) is 0. The summed E-state index contributed by atoms with van der Waals surface area (Å²) in [6.07, 6.45) is 6.48. The molecular weight excluding hydrogens is 88.1 g/mol. The van der Waals surface area contributed by atoms with Crippen molar-refractivity contribution >= 4 is 0 Å². The minimum atomic E-state index is -0.0891. The van der Waals surface area contributed by atoms with Gasteiger partial charge in [0.25, 0.3) is 0 Å². The predicted octanol–water partition coefficient (Wildman–Crippen LogP) is 1.13. The molecule has 1 atom stereocenters. The first-order valence-electron chi connectivity index (χ1n) is 2.91. The highest BCUT2D eigenvalue weighted by atomic mass is 16.3. The van der Waals surface area contributed by atoms with Gasteiger partial charge in [-0.05, 0) is 12.8 Å². The number of aliphatic hydroxyl groups excluding tert-OH is 1. The van der Waals surface area contributed by atoms with Gasteiger partial charge in [-0.1, -0.05) is 0 Å². The van der Waals surface area contributed by atoms with Crippen LogP contribution in [0.3, 0.4) is 0 Å². The van der Waals surface area contributed by atoms with E-state index in [1.807, 2.05) is 6.42 Å². The van der Waals surface area contributed by atoms with Crippen molar-refractivity contribution in [2.45, 2.75) is 31.8 Å². The number of rotatable bonds is 0. The third kappa shape index (κ3) is 1.39. The van der Waals surface area contributed by atoms with Gasteiger partial charge in [0.2, 0.25) is 0 Å². The largest absolute Gasteiger partial charge is 0.353 e. The van der Waals surface area contributed by atoms with Crippen molar-refractivity contribution in [3.8, 4) is 0 Å². The average Bonchev–Trinajstić information content (AvgIpc) is 1.69. The summed E-state index contributed by atoms with van der Waals surface area (Å²) >= 11 is 0. The van der Waals surface area contributed by atoms with E-state index in [1.165, 1.54) is 12.8 Å². The minimum Gasteiger partial charge on any atom is -0.353 e. The lowest BCUT2D eigenvalue weighted by molar-refractivity contribution is 0.174. The molecule has 1 aliphatic rings. The molecular formula is C6H11O+. The van der Waals surface area contributed by atoms with E-state index in [0.29, 0.717) is 0 Å². The molecule has 0 bridgehead atoms. The third-order valence-corrected chi connectivity index (χ3v) is 1.39. The average molecular weight is 99.2 g/mol. The Morgan fingerprint density at radius 3 is 2.57 bits per heavy atom. The predicted molar refractivity (Wildman–Crippen MR) is 28.8 cm³/mol. The molecule has 0 saturated heterocycles. The summed E-state index contributed by atoms with van der Waals surface area (Å²) < 4.78 is 0. The fourth-order valence-corrected chi connectivity index (χ4v) is 0.926. The van der Waals surface area contributed by atoms with Crippen LogP contribution < -0.4 is 0 Å². The van der Waals surface area contributed by atoms with E-state index in [1.54, 1.807) is 0 Å². The molecule has 1 fully saturated rings. The van der Waals surface area contributed by atoms with Gasteiger partial charge in [0.05, 0.1) is 6.42 Å². The molecule has 0 heterocycles. The number of aliphatic hydroxyl groups is 1. The number of hydrogen-bond acceptors (Lipinski definition) is 1. The summed E-state index contributed by atoms with van der Waals surface area (Å²) in [7, 11) is 0. The molecule has 1 unspecified atom stereocenters. The van der Waals surface area contributed by atoms with E-state index >= 15 is 0 Å². The molecule has 40 valence electrons. The van der Waals surface area contributed by atoms with Crippen LogP contribution in [0.4, 0.5) is 0 Å². The molecule has 1 N–H and O–H groups in total. The highest BCUT2D eigenvalue weighted by molar-refractivity contribution is 4.79. The van der Waals surface area contributed by atoms with Crippen molar-refractivity contribution in [1.82, 2.24) is 0 Å². The topological polar surface area (TPSA) is 20.2 Å². The fourth-order valence-electron chi connectivity index (χ4n) is 0.926. The third-order valence-electron chi connectivity index (χ3n) is 1.39. The van der Waals surface area contributed by atoms with E-state index in [9.17, 15) is 0 Å². The van der Waals surface area contributed by atoms with Gasteiger partial charge in [-0.25, -0.2) is 0 Å². The van der Waals surface area contributed by atoms with Crippen LogP contribution in [0, 0.1) is 6.42 Å². The lowest BCUT2D eigenvalue weighted by Crippen LogP contribution is -2.10. The maximum atomic E-state index is 8.85. The molecule has 1 nitrogen and oxygen atoms in total. The Hall–Kier alpha value is -0.170. The van der Waals surface area contributed by atoms with Crippen molar-refractivity contribution in [1.29, 1.82) is 0 Å². The molecule has 7 heavy (non-hydrogen) atoms. The molecule has 0 amide bonds. The van der Waals surface area contributed by atoms with Gasteiger partial charge in [-0.15, -0.1) is 0 Å². The summed E-state index contributed by atoms with van der Waals surface area (Å²) in [5.41, 5.74) is 0. The van der Waals surface area contributed by atoms with Crippen LogP contribution in [-0.4, -0.2) is 11.2 Å². The molecule has 0 aromatic heterocycles. The van der Waals surface area contributed by atoms with Crippen LogP contribution >= 0.6 is 0 Å². The first-order valence-corrected chi connectivity index (χ1v) is 2.91. The number of hydrogen-bond donors (Lipinski definition) is 1. The second kappa shape index (κ2) is 2.22. The first kappa shape index (κ1) is 4.98. The van der Waals surface area contributed by atoms with Gasteiger partial charge in [0.1, 0.15) is 6.42 Å². The van der Waals surface area contributed by atoms with E-state index < -0.39 is 0 Å². The maximum absolute atomic E-state index is 8.85. The summed E-state index contributed by atoms with van der Waals surface area (Å²) in [6.45, 7) is 0. The monoisotopic (exact) mass is 99.1 g/mol. The Labute approximate surface area is 44.4 Å². The normalized spacial score (nSPS) is 31.9. The van der Waals surface area contributed by atoms with E-state index in [4.69, 9.17) is 5.11 Å². The zero-order valence-corrected chi connectivity index (χ0v) is 4.43. The van der Waals surface area contributed by atoms with E-state index in [0.717, 1.165) is 12.8 Å². The first-order chi connectivity index (χ1) is 3.39. The van der Waals surface area contributed by atoms with Crippen molar-refractivity contribution in [3.05, 3.63) is 6.42 Å². The molecule has 1 aliphatic carbocycles. The van der Waals surface area contributed by atoms with Gasteiger partial charge >= 0.3 is 0 Å². The van der Waals surface area contributed by atoms with E-state index in [-0.39, 0.29) is 6.10 Å². The van der Waals surface area contributed by atoms with Crippen molar-refractivity contribution < 1.29 is 5.11 Å². The molecule has 0 radical (unpaired) electrons. The summed E-state index contributed by atoms with van der Waals surface area (Å²) in [4.78, 5) is 0. The second-order valence-electron chi connectivity index (χ2n) is 2.09. The van der Waals surface area contributed by atoms with Gasteiger partial charge < -0.3 is 5.11 Å². The molecule has 0 aliphatic heterocycles. The second-order valence-corrected chi connectivity index (χ2v) is 2.09. The smallest absolute Gasteiger partial charge is 0.194 e. The summed E-state index contributed by atoms with van der Waals surface area (Å²) in [6, 6.07) is 0. The zero-order valence-electron chi connectivity index (χ0n) is 4.43. The standard InChI is InChI=1S/C6H11O/c7-6-4-2-1-3-5-6/h4,6-7H,1-3,5H2/q+1. The molecule has 0 spiro atoms. The fraction of sp³-hybridized carbons (Fsp3) is 0.833. The molecule has 1 heteroatoms. The Morgan fingerprint density at radius 2 is 2.29 bits per heavy atom. The SMILES string of the molecule is OC1[CH+]CCCC1. The van der Waals surface area contributed by atoms with Crippen molar-refractivity contribution in [3.63, 3.8) is 0 Å². The van der Waals surface area contributed by atoms with E-state index in [2.05, 4.69) is 0 Å². The highest BCUT2D eigenvalue weighted by Crippen LogP contribution is 2.15. The molecule has 0 aromatic rings. The minimum absolute atomic E-state index is 0.0891. The molecule has 0 aromatic carbocycles. The van der Waals surface area contributed by atoms with Gasteiger partial charge in [0, 0.05) is 6.42 Å². The van der Waals surface area contributed by atoms with Crippen LogP contribution in [0.15, 0.2) is 0 Å². The lowest BCUT2D eigenvalue weighted by atomic mass is 9.98. The molecule has 1 saturated carbocycles. The van der Waals surface area contributed by atoms with Crippen LogP contribution in [0.1, 0.15) is 25.7 Å².